The minimum atomic E-state index is -0.560. The molecular weight excluding hydrogens is 387 g/mol. The van der Waals surface area contributed by atoms with Crippen molar-refractivity contribution in [3.63, 3.8) is 0 Å². The van der Waals surface area contributed by atoms with E-state index >= 15 is 0 Å². The molecule has 0 atom stereocenters. The first kappa shape index (κ1) is 18.8. The fourth-order valence-electron chi connectivity index (χ4n) is 2.24. The largest absolute Gasteiger partial charge is 0.322 e. The SMILES string of the molecule is O=C(/C=C/c1cccs1)Nc1cccc(C(=O)Nc2ccc(F)c(Cl)c2)c1. The highest BCUT2D eigenvalue weighted by atomic mass is 35.5. The zero-order valence-corrected chi connectivity index (χ0v) is 15.5. The summed E-state index contributed by atoms with van der Waals surface area (Å²) in [5.74, 6) is -1.26. The predicted octanol–water partition coefficient (Wildman–Crippen LogP) is 5.44. The van der Waals surface area contributed by atoms with Gasteiger partial charge in [0.25, 0.3) is 5.91 Å². The Morgan fingerprint density at radius 2 is 1.81 bits per heavy atom. The number of benzene rings is 2. The second-order valence-electron chi connectivity index (χ2n) is 5.50. The molecule has 7 heteroatoms. The minimum Gasteiger partial charge on any atom is -0.322 e. The normalized spacial score (nSPS) is 10.7. The zero-order chi connectivity index (χ0) is 19.2. The lowest BCUT2D eigenvalue weighted by Gasteiger charge is -2.08. The summed E-state index contributed by atoms with van der Waals surface area (Å²) in [7, 11) is 0. The van der Waals surface area contributed by atoms with Gasteiger partial charge in [0, 0.05) is 27.9 Å². The first-order valence-corrected chi connectivity index (χ1v) is 9.16. The molecule has 136 valence electrons. The molecule has 0 unspecified atom stereocenters. The van der Waals surface area contributed by atoms with E-state index in [0.29, 0.717) is 16.9 Å². The molecule has 0 aliphatic carbocycles. The number of anilines is 2. The van der Waals surface area contributed by atoms with Crippen LogP contribution in [0.2, 0.25) is 5.02 Å². The van der Waals surface area contributed by atoms with E-state index in [0.717, 1.165) is 4.88 Å². The molecule has 0 fully saturated rings. The van der Waals surface area contributed by atoms with E-state index in [-0.39, 0.29) is 10.9 Å². The third-order valence-electron chi connectivity index (χ3n) is 3.51. The van der Waals surface area contributed by atoms with Crippen LogP contribution in [0.25, 0.3) is 6.08 Å². The number of carbonyl (C=O) groups is 2. The van der Waals surface area contributed by atoms with E-state index in [1.165, 1.54) is 35.6 Å². The Bertz CT molecular complexity index is 1000. The van der Waals surface area contributed by atoms with Gasteiger partial charge in [-0.3, -0.25) is 9.59 Å². The van der Waals surface area contributed by atoms with Crippen LogP contribution in [0.15, 0.2) is 66.1 Å². The standard InChI is InChI=1S/C20H14ClFN2O2S/c21-17-12-15(6-8-18(17)22)24-20(26)13-3-1-4-14(11-13)23-19(25)9-7-16-5-2-10-27-16/h1-12H,(H,23,25)(H,24,26)/b9-7+. The molecule has 0 radical (unpaired) electrons. The predicted molar refractivity (Wildman–Crippen MR) is 108 cm³/mol. The molecule has 4 nitrogen and oxygen atoms in total. The van der Waals surface area contributed by atoms with E-state index in [2.05, 4.69) is 10.6 Å². The van der Waals surface area contributed by atoms with Crippen LogP contribution in [0.1, 0.15) is 15.2 Å². The van der Waals surface area contributed by atoms with Gasteiger partial charge in [-0.15, -0.1) is 11.3 Å². The lowest BCUT2D eigenvalue weighted by atomic mass is 10.1. The van der Waals surface area contributed by atoms with Crippen LogP contribution < -0.4 is 10.6 Å². The Balaban J connectivity index is 1.66. The summed E-state index contributed by atoms with van der Waals surface area (Å²) in [5, 5.41) is 7.19. The topological polar surface area (TPSA) is 58.2 Å². The molecule has 0 spiro atoms. The van der Waals surface area contributed by atoms with Crippen LogP contribution >= 0.6 is 22.9 Å². The maximum atomic E-state index is 13.2. The lowest BCUT2D eigenvalue weighted by Crippen LogP contribution is -2.13. The van der Waals surface area contributed by atoms with E-state index in [1.54, 1.807) is 30.3 Å². The smallest absolute Gasteiger partial charge is 0.255 e. The van der Waals surface area contributed by atoms with E-state index in [1.807, 2.05) is 17.5 Å². The third kappa shape index (κ3) is 5.26. The monoisotopic (exact) mass is 400 g/mol. The van der Waals surface area contributed by atoms with Crippen LogP contribution in [0, 0.1) is 5.82 Å². The van der Waals surface area contributed by atoms with Crippen molar-refractivity contribution in [1.29, 1.82) is 0 Å². The van der Waals surface area contributed by atoms with Crippen molar-refractivity contribution in [2.75, 3.05) is 10.6 Å². The summed E-state index contributed by atoms with van der Waals surface area (Å²) in [6.45, 7) is 0. The molecule has 1 aromatic heterocycles. The molecule has 3 aromatic rings. The van der Waals surface area contributed by atoms with Crippen molar-refractivity contribution in [1.82, 2.24) is 0 Å². The van der Waals surface area contributed by atoms with Crippen LogP contribution in [-0.2, 0) is 4.79 Å². The fourth-order valence-corrected chi connectivity index (χ4v) is 3.04. The van der Waals surface area contributed by atoms with Gasteiger partial charge in [0.1, 0.15) is 5.82 Å². The number of rotatable bonds is 5. The van der Waals surface area contributed by atoms with Crippen molar-refractivity contribution in [3.05, 3.63) is 87.3 Å². The summed E-state index contributed by atoms with van der Waals surface area (Å²) in [5.41, 5.74) is 1.20. The third-order valence-corrected chi connectivity index (χ3v) is 4.64. The molecule has 2 amide bonds. The molecule has 0 aliphatic heterocycles. The molecule has 1 heterocycles. The second-order valence-corrected chi connectivity index (χ2v) is 6.89. The van der Waals surface area contributed by atoms with E-state index in [4.69, 9.17) is 11.6 Å². The first-order valence-electron chi connectivity index (χ1n) is 7.90. The lowest BCUT2D eigenvalue weighted by molar-refractivity contribution is -0.111. The highest BCUT2D eigenvalue weighted by Crippen LogP contribution is 2.20. The Labute approximate surface area is 164 Å². The Kier molecular flexibility index (Phi) is 6.01. The summed E-state index contributed by atoms with van der Waals surface area (Å²) < 4.78 is 13.2. The number of hydrogen-bond donors (Lipinski definition) is 2. The number of thiophene rings is 1. The fraction of sp³-hybridized carbons (Fsp3) is 0. The van der Waals surface area contributed by atoms with Crippen molar-refractivity contribution < 1.29 is 14.0 Å². The van der Waals surface area contributed by atoms with Gasteiger partial charge < -0.3 is 10.6 Å². The summed E-state index contributed by atoms with van der Waals surface area (Å²) in [6.07, 6.45) is 3.15. The van der Waals surface area contributed by atoms with Gasteiger partial charge in [-0.25, -0.2) is 4.39 Å². The van der Waals surface area contributed by atoms with Crippen LogP contribution in [0.3, 0.4) is 0 Å². The van der Waals surface area contributed by atoms with Crippen molar-refractivity contribution in [3.8, 4) is 0 Å². The van der Waals surface area contributed by atoms with Gasteiger partial charge in [-0.05, 0) is 53.9 Å². The molecular formula is C20H14ClFN2O2S. The van der Waals surface area contributed by atoms with E-state index < -0.39 is 11.7 Å². The Hall–Kier alpha value is -2.96. The average Bonchev–Trinajstić information content (AvgIpc) is 3.17. The van der Waals surface area contributed by atoms with Crippen molar-refractivity contribution in [2.24, 2.45) is 0 Å². The number of carbonyl (C=O) groups excluding carboxylic acids is 2. The van der Waals surface area contributed by atoms with Crippen LogP contribution in [0.5, 0.6) is 0 Å². The average molecular weight is 401 g/mol. The summed E-state index contributed by atoms with van der Waals surface area (Å²) >= 11 is 7.24. The molecule has 0 bridgehead atoms. The van der Waals surface area contributed by atoms with Crippen molar-refractivity contribution in [2.45, 2.75) is 0 Å². The molecule has 0 aliphatic rings. The summed E-state index contributed by atoms with van der Waals surface area (Å²) in [6, 6.07) is 14.2. The van der Waals surface area contributed by atoms with Gasteiger partial charge in [-0.2, -0.15) is 0 Å². The van der Waals surface area contributed by atoms with Gasteiger partial charge >= 0.3 is 0 Å². The second kappa shape index (κ2) is 8.62. The van der Waals surface area contributed by atoms with Crippen LogP contribution in [-0.4, -0.2) is 11.8 Å². The van der Waals surface area contributed by atoms with Crippen molar-refractivity contribution >= 4 is 52.2 Å². The number of amides is 2. The Morgan fingerprint density at radius 3 is 2.56 bits per heavy atom. The Morgan fingerprint density at radius 1 is 1.00 bits per heavy atom. The minimum absolute atomic E-state index is 0.0775. The van der Waals surface area contributed by atoms with E-state index in [9.17, 15) is 14.0 Å². The highest BCUT2D eigenvalue weighted by molar-refractivity contribution is 7.10. The van der Waals surface area contributed by atoms with Gasteiger partial charge in [-0.1, -0.05) is 23.7 Å². The molecule has 27 heavy (non-hydrogen) atoms. The summed E-state index contributed by atoms with van der Waals surface area (Å²) in [4.78, 5) is 25.3. The molecule has 0 saturated heterocycles. The van der Waals surface area contributed by atoms with Gasteiger partial charge in [0.2, 0.25) is 5.91 Å². The maximum absolute atomic E-state index is 13.2. The quantitative estimate of drug-likeness (QED) is 0.560. The highest BCUT2D eigenvalue weighted by Gasteiger charge is 2.09. The van der Waals surface area contributed by atoms with Gasteiger partial charge in [0.05, 0.1) is 5.02 Å². The zero-order valence-electron chi connectivity index (χ0n) is 13.9. The first-order chi connectivity index (χ1) is 13.0. The molecule has 3 rings (SSSR count). The van der Waals surface area contributed by atoms with Gasteiger partial charge in [0.15, 0.2) is 0 Å². The molecule has 2 aromatic carbocycles. The number of nitrogens with one attached hydrogen (secondary N) is 2. The van der Waals surface area contributed by atoms with Crippen LogP contribution in [0.4, 0.5) is 15.8 Å². The number of hydrogen-bond acceptors (Lipinski definition) is 3. The number of halogens is 2. The molecule has 0 saturated carbocycles. The maximum Gasteiger partial charge on any atom is 0.255 e. The molecule has 2 N–H and O–H groups in total.